The zero-order valence-corrected chi connectivity index (χ0v) is 16.8. The van der Waals surface area contributed by atoms with Gasteiger partial charge in [-0.1, -0.05) is 24.3 Å². The molecule has 1 atom stereocenters. The second-order valence-electron chi connectivity index (χ2n) is 7.59. The maximum atomic E-state index is 13.4. The average Bonchev–Trinajstić information content (AvgIpc) is 2.74. The number of ether oxygens (including phenoxy) is 2. The molecule has 0 bridgehead atoms. The van der Waals surface area contributed by atoms with E-state index in [4.69, 9.17) is 9.47 Å². The number of carbonyl (C=O) groups excluding carboxylic acids is 1. The molecule has 2 N–H and O–H groups in total. The molecule has 0 aromatic heterocycles. The Morgan fingerprint density at radius 3 is 2.40 bits per heavy atom. The van der Waals surface area contributed by atoms with Crippen LogP contribution in [-0.2, 0) is 14.3 Å². The Labute approximate surface area is 175 Å². The zero-order valence-electron chi connectivity index (χ0n) is 16.8. The number of carboxylic acids is 1. The predicted octanol–water partition coefficient (Wildman–Crippen LogP) is 4.95. The quantitative estimate of drug-likeness (QED) is 0.669. The second-order valence-corrected chi connectivity index (χ2v) is 7.59. The molecule has 1 aliphatic rings. The van der Waals surface area contributed by atoms with Gasteiger partial charge in [0.1, 0.15) is 5.82 Å². The third-order valence-corrected chi connectivity index (χ3v) is 5.56. The van der Waals surface area contributed by atoms with Crippen molar-refractivity contribution in [3.05, 3.63) is 54.3 Å². The fourth-order valence-corrected chi connectivity index (χ4v) is 3.91. The van der Waals surface area contributed by atoms with Gasteiger partial charge in [-0.3, -0.25) is 5.32 Å². The van der Waals surface area contributed by atoms with Crippen molar-refractivity contribution < 1.29 is 28.6 Å². The number of aliphatic carboxylic acids is 1. The lowest BCUT2D eigenvalue weighted by atomic mass is 9.79. The van der Waals surface area contributed by atoms with Crippen LogP contribution in [0.5, 0.6) is 0 Å². The van der Waals surface area contributed by atoms with Gasteiger partial charge in [0.05, 0.1) is 6.61 Å². The number of hydrogen-bond acceptors (Lipinski definition) is 4. The number of methoxy groups -OCH3 is 1. The van der Waals surface area contributed by atoms with Crippen molar-refractivity contribution in [2.45, 2.75) is 31.8 Å². The van der Waals surface area contributed by atoms with Gasteiger partial charge in [-0.2, -0.15) is 0 Å². The van der Waals surface area contributed by atoms with Gasteiger partial charge < -0.3 is 14.6 Å². The lowest BCUT2D eigenvalue weighted by Crippen LogP contribution is -2.35. The van der Waals surface area contributed by atoms with E-state index >= 15 is 0 Å². The summed E-state index contributed by atoms with van der Waals surface area (Å²) in [6.07, 6.45) is 1.77. The smallest absolute Gasteiger partial charge is 0.411 e. The summed E-state index contributed by atoms with van der Waals surface area (Å²) in [4.78, 5) is 23.3. The molecule has 0 spiro atoms. The monoisotopic (exact) mass is 415 g/mol. The molecule has 0 radical (unpaired) electrons. The first-order valence-electron chi connectivity index (χ1n) is 10.0. The van der Waals surface area contributed by atoms with E-state index in [0.717, 1.165) is 36.8 Å². The number of anilines is 1. The fraction of sp³-hybridized carbons (Fsp3) is 0.391. The van der Waals surface area contributed by atoms with E-state index in [9.17, 15) is 19.1 Å². The van der Waals surface area contributed by atoms with Crippen LogP contribution in [-0.4, -0.2) is 37.0 Å². The number of carbonyl (C=O) groups is 2. The van der Waals surface area contributed by atoms with Crippen LogP contribution < -0.4 is 5.32 Å². The van der Waals surface area contributed by atoms with Crippen LogP contribution in [0.2, 0.25) is 0 Å². The summed E-state index contributed by atoms with van der Waals surface area (Å²) in [5.41, 5.74) is 2.20. The summed E-state index contributed by atoms with van der Waals surface area (Å²) in [6, 6.07) is 13.4. The van der Waals surface area contributed by atoms with Crippen molar-refractivity contribution in [2.75, 3.05) is 19.0 Å². The molecular weight excluding hydrogens is 389 g/mol. The van der Waals surface area contributed by atoms with Gasteiger partial charge in [0.2, 0.25) is 0 Å². The number of carboxylic acid groups (broad SMARTS) is 1. The first kappa shape index (κ1) is 21.8. The number of nitrogens with one attached hydrogen (secondary N) is 1. The minimum absolute atomic E-state index is 0.00539. The Bertz CT molecular complexity index is 862. The van der Waals surface area contributed by atoms with Gasteiger partial charge in [0.25, 0.3) is 0 Å². The van der Waals surface area contributed by atoms with E-state index < -0.39 is 18.2 Å². The van der Waals surface area contributed by atoms with Crippen LogP contribution in [0.1, 0.15) is 25.7 Å². The molecule has 3 rings (SSSR count). The van der Waals surface area contributed by atoms with Crippen LogP contribution in [0.25, 0.3) is 11.1 Å². The van der Waals surface area contributed by atoms with Crippen molar-refractivity contribution in [3.8, 4) is 11.1 Å². The van der Waals surface area contributed by atoms with Gasteiger partial charge >= 0.3 is 12.1 Å². The standard InChI is InChI=1S/C23H26FNO5/c1-29-21(22(26)27)17-7-5-15(6-8-17)14-30-23(28)25-20-11-9-16(10-12-20)18-3-2-4-19(24)13-18/h2-4,9-13,15,17,21H,5-8,14H2,1H3,(H,25,28)(H,26,27). The highest BCUT2D eigenvalue weighted by atomic mass is 19.1. The fourth-order valence-electron chi connectivity index (χ4n) is 3.91. The summed E-state index contributed by atoms with van der Waals surface area (Å²) >= 11 is 0. The number of hydrogen-bond donors (Lipinski definition) is 2. The van der Waals surface area contributed by atoms with E-state index in [-0.39, 0.29) is 17.7 Å². The molecule has 160 valence electrons. The lowest BCUT2D eigenvalue weighted by molar-refractivity contribution is -0.153. The van der Waals surface area contributed by atoms with E-state index in [1.54, 1.807) is 30.3 Å². The molecule has 0 heterocycles. The van der Waals surface area contributed by atoms with Crippen molar-refractivity contribution in [1.29, 1.82) is 0 Å². The second kappa shape index (κ2) is 10.2. The highest BCUT2D eigenvalue weighted by Gasteiger charge is 2.32. The molecule has 0 saturated heterocycles. The van der Waals surface area contributed by atoms with Crippen LogP contribution in [0.15, 0.2) is 48.5 Å². The first-order chi connectivity index (χ1) is 14.5. The Balaban J connectivity index is 1.44. The topological polar surface area (TPSA) is 84.9 Å². The maximum absolute atomic E-state index is 13.4. The average molecular weight is 415 g/mol. The lowest BCUT2D eigenvalue weighted by Gasteiger charge is -2.30. The summed E-state index contributed by atoms with van der Waals surface area (Å²) in [5.74, 6) is -1.02. The van der Waals surface area contributed by atoms with Crippen LogP contribution in [0, 0.1) is 17.7 Å². The minimum atomic E-state index is -0.931. The van der Waals surface area contributed by atoms with E-state index in [0.29, 0.717) is 12.3 Å². The molecule has 6 nitrogen and oxygen atoms in total. The number of halogens is 1. The molecule has 30 heavy (non-hydrogen) atoms. The zero-order chi connectivity index (χ0) is 21.5. The molecule has 7 heteroatoms. The van der Waals surface area contributed by atoms with Gasteiger partial charge in [-0.25, -0.2) is 14.0 Å². The maximum Gasteiger partial charge on any atom is 0.411 e. The van der Waals surface area contributed by atoms with E-state index in [1.165, 1.54) is 19.2 Å². The van der Waals surface area contributed by atoms with Crippen molar-refractivity contribution >= 4 is 17.7 Å². The molecule has 2 aromatic carbocycles. The highest BCUT2D eigenvalue weighted by Crippen LogP contribution is 2.32. The molecule has 2 aromatic rings. The Morgan fingerprint density at radius 1 is 1.10 bits per heavy atom. The summed E-state index contributed by atoms with van der Waals surface area (Å²) in [5, 5.41) is 11.9. The van der Waals surface area contributed by atoms with Gasteiger partial charge in [0, 0.05) is 12.8 Å². The van der Waals surface area contributed by atoms with Crippen LogP contribution in [0.4, 0.5) is 14.9 Å². The Hall–Kier alpha value is -2.93. The first-order valence-corrected chi connectivity index (χ1v) is 10.0. The van der Waals surface area contributed by atoms with Gasteiger partial charge in [0.15, 0.2) is 6.10 Å². The van der Waals surface area contributed by atoms with Gasteiger partial charge in [-0.15, -0.1) is 0 Å². The van der Waals surface area contributed by atoms with Crippen molar-refractivity contribution in [1.82, 2.24) is 0 Å². The largest absolute Gasteiger partial charge is 0.479 e. The number of benzene rings is 2. The van der Waals surface area contributed by atoms with Crippen LogP contribution >= 0.6 is 0 Å². The number of amides is 1. The number of rotatable bonds is 7. The Kier molecular flexibility index (Phi) is 7.41. The molecular formula is C23H26FNO5. The summed E-state index contributed by atoms with van der Waals surface area (Å²) in [7, 11) is 1.42. The molecule has 1 amide bonds. The molecule has 1 fully saturated rings. The van der Waals surface area contributed by atoms with Crippen molar-refractivity contribution in [2.24, 2.45) is 11.8 Å². The van der Waals surface area contributed by atoms with Gasteiger partial charge in [-0.05, 0) is 72.9 Å². The third-order valence-electron chi connectivity index (χ3n) is 5.56. The third kappa shape index (κ3) is 5.79. The van der Waals surface area contributed by atoms with Crippen molar-refractivity contribution in [3.63, 3.8) is 0 Å². The summed E-state index contributed by atoms with van der Waals surface area (Å²) in [6.45, 7) is 0.296. The normalized spacial score (nSPS) is 19.7. The van der Waals surface area contributed by atoms with E-state index in [2.05, 4.69) is 5.32 Å². The minimum Gasteiger partial charge on any atom is -0.479 e. The molecule has 0 aliphatic heterocycles. The SMILES string of the molecule is COC(C(=O)O)C1CCC(COC(=O)Nc2ccc(-c3cccc(F)c3)cc2)CC1. The molecule has 1 saturated carbocycles. The van der Waals surface area contributed by atoms with E-state index in [1.807, 2.05) is 6.07 Å². The summed E-state index contributed by atoms with van der Waals surface area (Å²) < 4.78 is 23.8. The molecule has 1 unspecified atom stereocenters. The highest BCUT2D eigenvalue weighted by molar-refractivity contribution is 5.85. The Morgan fingerprint density at radius 2 is 1.80 bits per heavy atom. The molecule has 1 aliphatic carbocycles. The van der Waals surface area contributed by atoms with Crippen LogP contribution in [0.3, 0.4) is 0 Å². The predicted molar refractivity (Wildman–Crippen MR) is 111 cm³/mol.